The van der Waals surface area contributed by atoms with E-state index < -0.39 is 0 Å². The SMILES string of the molecule is O=C(Nc1ccnc(Cl)n1)c1cc(Br)c[nH]1. The number of hydrogen-bond acceptors (Lipinski definition) is 3. The van der Waals surface area contributed by atoms with Crippen LogP contribution in [0.5, 0.6) is 0 Å². The minimum atomic E-state index is -0.291. The molecule has 82 valence electrons. The Labute approximate surface area is 104 Å². The zero-order valence-corrected chi connectivity index (χ0v) is 10.2. The molecule has 0 aliphatic heterocycles. The molecule has 0 unspecified atom stereocenters. The maximum atomic E-state index is 11.7. The molecule has 5 nitrogen and oxygen atoms in total. The molecule has 0 aliphatic rings. The molecule has 0 saturated heterocycles. The highest BCUT2D eigenvalue weighted by Gasteiger charge is 2.08. The van der Waals surface area contributed by atoms with Crippen LogP contribution in [0.4, 0.5) is 5.82 Å². The highest BCUT2D eigenvalue weighted by atomic mass is 79.9. The fourth-order valence-electron chi connectivity index (χ4n) is 1.09. The van der Waals surface area contributed by atoms with Crippen molar-refractivity contribution in [3.05, 3.63) is 40.0 Å². The summed E-state index contributed by atoms with van der Waals surface area (Å²) in [5.41, 5.74) is 0.432. The first-order chi connectivity index (χ1) is 7.65. The van der Waals surface area contributed by atoms with Gasteiger partial charge in [0, 0.05) is 16.9 Å². The molecule has 16 heavy (non-hydrogen) atoms. The van der Waals surface area contributed by atoms with Crippen LogP contribution in [0, 0.1) is 0 Å². The summed E-state index contributed by atoms with van der Waals surface area (Å²) >= 11 is 8.83. The van der Waals surface area contributed by atoms with Gasteiger partial charge in [0.25, 0.3) is 5.91 Å². The Morgan fingerprint density at radius 1 is 1.56 bits per heavy atom. The molecule has 7 heteroatoms. The maximum Gasteiger partial charge on any atom is 0.273 e. The van der Waals surface area contributed by atoms with E-state index >= 15 is 0 Å². The number of nitrogens with zero attached hydrogens (tertiary/aromatic N) is 2. The topological polar surface area (TPSA) is 70.7 Å². The largest absolute Gasteiger partial charge is 0.356 e. The zero-order chi connectivity index (χ0) is 11.5. The van der Waals surface area contributed by atoms with Gasteiger partial charge in [-0.3, -0.25) is 4.79 Å². The lowest BCUT2D eigenvalue weighted by molar-refractivity contribution is 0.102. The number of nitrogens with one attached hydrogen (secondary N) is 2. The molecule has 0 bridgehead atoms. The number of amides is 1. The number of anilines is 1. The fourth-order valence-corrected chi connectivity index (χ4v) is 1.58. The van der Waals surface area contributed by atoms with Crippen LogP contribution in [0.1, 0.15) is 10.5 Å². The molecular weight excluding hydrogens is 295 g/mol. The molecule has 0 saturated carbocycles. The van der Waals surface area contributed by atoms with E-state index in [2.05, 4.69) is 36.2 Å². The fraction of sp³-hybridized carbons (Fsp3) is 0. The number of carbonyl (C=O) groups is 1. The third-order valence-corrected chi connectivity index (χ3v) is 2.40. The van der Waals surface area contributed by atoms with E-state index in [1.54, 1.807) is 18.3 Å². The number of hydrogen-bond donors (Lipinski definition) is 2. The number of halogens is 2. The first-order valence-corrected chi connectivity index (χ1v) is 5.46. The van der Waals surface area contributed by atoms with Crippen LogP contribution in [0.2, 0.25) is 5.28 Å². The van der Waals surface area contributed by atoms with Gasteiger partial charge in [0.15, 0.2) is 0 Å². The molecule has 2 aromatic heterocycles. The monoisotopic (exact) mass is 300 g/mol. The predicted molar refractivity (Wildman–Crippen MR) is 63.5 cm³/mol. The van der Waals surface area contributed by atoms with Gasteiger partial charge in [-0.1, -0.05) is 0 Å². The maximum absolute atomic E-state index is 11.7. The Morgan fingerprint density at radius 2 is 2.38 bits per heavy atom. The normalized spacial score (nSPS) is 10.1. The van der Waals surface area contributed by atoms with Gasteiger partial charge in [-0.2, -0.15) is 0 Å². The summed E-state index contributed by atoms with van der Waals surface area (Å²) in [5, 5.41) is 2.67. The third-order valence-electron chi connectivity index (χ3n) is 1.76. The van der Waals surface area contributed by atoms with Crippen LogP contribution < -0.4 is 5.32 Å². The summed E-state index contributed by atoms with van der Waals surface area (Å²) in [6.07, 6.45) is 3.14. The molecule has 0 spiro atoms. The Morgan fingerprint density at radius 3 is 3.00 bits per heavy atom. The van der Waals surface area contributed by atoms with Gasteiger partial charge < -0.3 is 10.3 Å². The molecule has 0 aromatic carbocycles. The second-order valence-electron chi connectivity index (χ2n) is 2.90. The Bertz CT molecular complexity index is 528. The summed E-state index contributed by atoms with van der Waals surface area (Å²) < 4.78 is 0.804. The second kappa shape index (κ2) is 4.63. The predicted octanol–water partition coefficient (Wildman–Crippen LogP) is 2.47. The van der Waals surface area contributed by atoms with E-state index in [1.165, 1.54) is 6.20 Å². The number of carbonyl (C=O) groups excluding carboxylic acids is 1. The second-order valence-corrected chi connectivity index (χ2v) is 4.15. The van der Waals surface area contributed by atoms with E-state index in [-0.39, 0.29) is 11.2 Å². The van der Waals surface area contributed by atoms with Gasteiger partial charge in [0.05, 0.1) is 0 Å². The van der Waals surface area contributed by atoms with Crippen molar-refractivity contribution in [3.63, 3.8) is 0 Å². The first-order valence-electron chi connectivity index (χ1n) is 4.29. The molecule has 2 heterocycles. The summed E-state index contributed by atoms with van der Waals surface area (Å²) in [7, 11) is 0. The lowest BCUT2D eigenvalue weighted by atomic mass is 10.4. The summed E-state index contributed by atoms with van der Waals surface area (Å²) in [6.45, 7) is 0. The van der Waals surface area contributed by atoms with Gasteiger partial charge in [-0.05, 0) is 39.7 Å². The molecular formula is C9H6BrClN4O. The molecule has 0 radical (unpaired) electrons. The van der Waals surface area contributed by atoms with Crippen LogP contribution in [-0.2, 0) is 0 Å². The highest BCUT2D eigenvalue weighted by Crippen LogP contribution is 2.12. The average molecular weight is 302 g/mol. The van der Waals surface area contributed by atoms with Crippen molar-refractivity contribution < 1.29 is 4.79 Å². The number of H-pyrrole nitrogens is 1. The van der Waals surface area contributed by atoms with E-state index in [9.17, 15) is 4.79 Å². The average Bonchev–Trinajstić information content (AvgIpc) is 2.65. The lowest BCUT2D eigenvalue weighted by Gasteiger charge is -2.01. The molecule has 2 aromatic rings. The minimum absolute atomic E-state index is 0.0884. The summed E-state index contributed by atoms with van der Waals surface area (Å²) in [6, 6.07) is 3.22. The van der Waals surface area contributed by atoms with Gasteiger partial charge in [0.2, 0.25) is 5.28 Å². The first kappa shape index (κ1) is 11.1. The van der Waals surface area contributed by atoms with Crippen molar-refractivity contribution in [2.75, 3.05) is 5.32 Å². The van der Waals surface area contributed by atoms with Gasteiger partial charge in [0.1, 0.15) is 11.5 Å². The van der Waals surface area contributed by atoms with Gasteiger partial charge in [-0.25, -0.2) is 9.97 Å². The van der Waals surface area contributed by atoms with Crippen molar-refractivity contribution in [3.8, 4) is 0 Å². The summed E-state index contributed by atoms with van der Waals surface area (Å²) in [5.74, 6) is 0.0659. The molecule has 1 amide bonds. The van der Waals surface area contributed by atoms with Crippen molar-refractivity contribution in [1.29, 1.82) is 0 Å². The highest BCUT2D eigenvalue weighted by molar-refractivity contribution is 9.10. The smallest absolute Gasteiger partial charge is 0.273 e. The van der Waals surface area contributed by atoms with Crippen LogP contribution in [0.25, 0.3) is 0 Å². The van der Waals surface area contributed by atoms with E-state index in [1.807, 2.05) is 0 Å². The molecule has 0 aliphatic carbocycles. The standard InChI is InChI=1S/C9H6BrClN4O/c10-5-3-6(13-4-5)8(16)14-7-1-2-12-9(11)15-7/h1-4,13H,(H,12,14,15,16). The molecule has 2 rings (SSSR count). The number of aromatic nitrogens is 3. The Balaban J connectivity index is 2.13. The third kappa shape index (κ3) is 2.59. The van der Waals surface area contributed by atoms with Gasteiger partial charge in [-0.15, -0.1) is 0 Å². The number of rotatable bonds is 2. The van der Waals surface area contributed by atoms with E-state index in [4.69, 9.17) is 11.6 Å². The van der Waals surface area contributed by atoms with Crippen molar-refractivity contribution in [2.24, 2.45) is 0 Å². The lowest BCUT2D eigenvalue weighted by Crippen LogP contribution is -2.13. The van der Waals surface area contributed by atoms with Crippen molar-refractivity contribution in [2.45, 2.75) is 0 Å². The van der Waals surface area contributed by atoms with Crippen LogP contribution in [-0.4, -0.2) is 20.9 Å². The van der Waals surface area contributed by atoms with Crippen molar-refractivity contribution >= 4 is 39.3 Å². The van der Waals surface area contributed by atoms with Crippen molar-refractivity contribution in [1.82, 2.24) is 15.0 Å². The molecule has 0 atom stereocenters. The quantitative estimate of drug-likeness (QED) is 0.837. The number of aromatic amines is 1. The van der Waals surface area contributed by atoms with Crippen LogP contribution >= 0.6 is 27.5 Å². The van der Waals surface area contributed by atoms with Crippen LogP contribution in [0.3, 0.4) is 0 Å². The Hall–Kier alpha value is -1.40. The van der Waals surface area contributed by atoms with E-state index in [0.717, 1.165) is 4.47 Å². The van der Waals surface area contributed by atoms with Gasteiger partial charge >= 0.3 is 0 Å². The Kier molecular flexibility index (Phi) is 3.21. The minimum Gasteiger partial charge on any atom is -0.356 e. The zero-order valence-electron chi connectivity index (χ0n) is 7.87. The van der Waals surface area contributed by atoms with Crippen LogP contribution in [0.15, 0.2) is 29.0 Å². The summed E-state index contributed by atoms with van der Waals surface area (Å²) in [4.78, 5) is 22.0. The van der Waals surface area contributed by atoms with E-state index in [0.29, 0.717) is 11.5 Å². The molecule has 2 N–H and O–H groups in total. The molecule has 0 fully saturated rings.